The first-order valence-corrected chi connectivity index (χ1v) is 6.96. The Balaban J connectivity index is 2.46. The Morgan fingerprint density at radius 3 is 2.26 bits per heavy atom. The van der Waals surface area contributed by atoms with Crippen LogP contribution < -0.4 is 5.32 Å². The average Bonchev–Trinajstić information content (AvgIpc) is 2.35. The van der Waals surface area contributed by atoms with Crippen molar-refractivity contribution in [3.8, 4) is 0 Å². The average molecular weight is 270 g/mol. The Labute approximate surface area is 115 Å². The molecule has 0 aromatic heterocycles. The summed E-state index contributed by atoms with van der Waals surface area (Å²) in [5.41, 5.74) is -0.583. The summed E-state index contributed by atoms with van der Waals surface area (Å²) in [5, 5.41) is 11.9. The van der Waals surface area contributed by atoms with Crippen molar-refractivity contribution >= 4 is 12.0 Å². The number of aliphatic carboxylic acids is 1. The molecule has 0 spiro atoms. The lowest BCUT2D eigenvalue weighted by atomic mass is 9.83. The highest BCUT2D eigenvalue weighted by Crippen LogP contribution is 2.29. The number of likely N-dealkylation sites (tertiary alicyclic amines) is 1. The third-order valence-electron chi connectivity index (χ3n) is 4.33. The SMILES string of the molecule is CCC(C)(CNC(=O)N1CCC(C)(C)CC1)C(=O)O. The Bertz CT molecular complexity index is 345. The van der Waals surface area contributed by atoms with Gasteiger partial charge in [-0.15, -0.1) is 0 Å². The normalized spacial score (nSPS) is 21.6. The fourth-order valence-electron chi connectivity index (χ4n) is 2.05. The molecule has 0 bridgehead atoms. The zero-order chi connectivity index (χ0) is 14.7. The molecule has 2 N–H and O–H groups in total. The standard InChI is InChI=1S/C14H26N2O3/c1-5-14(4,11(17)18)10-15-12(19)16-8-6-13(2,3)7-9-16/h5-10H2,1-4H3,(H,15,19)(H,17,18). The molecule has 1 atom stereocenters. The molecule has 5 nitrogen and oxygen atoms in total. The van der Waals surface area contributed by atoms with Crippen molar-refractivity contribution in [1.82, 2.24) is 10.2 Å². The number of carbonyl (C=O) groups excluding carboxylic acids is 1. The number of carboxylic acids is 1. The second-order valence-corrected chi connectivity index (χ2v) is 6.53. The number of carbonyl (C=O) groups is 2. The highest BCUT2D eigenvalue weighted by Gasteiger charge is 2.33. The van der Waals surface area contributed by atoms with Gasteiger partial charge in [0.05, 0.1) is 5.41 Å². The lowest BCUT2D eigenvalue weighted by molar-refractivity contribution is -0.147. The largest absolute Gasteiger partial charge is 0.481 e. The summed E-state index contributed by atoms with van der Waals surface area (Å²) >= 11 is 0. The molecule has 1 unspecified atom stereocenters. The first kappa shape index (κ1) is 15.8. The third-order valence-corrected chi connectivity index (χ3v) is 4.33. The molecule has 19 heavy (non-hydrogen) atoms. The van der Waals surface area contributed by atoms with Gasteiger partial charge in [-0.2, -0.15) is 0 Å². The van der Waals surface area contributed by atoms with E-state index in [1.165, 1.54) is 0 Å². The number of nitrogens with zero attached hydrogens (tertiary/aromatic N) is 1. The number of amides is 2. The second kappa shape index (κ2) is 5.80. The summed E-state index contributed by atoms with van der Waals surface area (Å²) in [5.74, 6) is -0.866. The maximum absolute atomic E-state index is 12.0. The smallest absolute Gasteiger partial charge is 0.317 e. The number of carboxylic acid groups (broad SMARTS) is 1. The van der Waals surface area contributed by atoms with Crippen LogP contribution in [-0.4, -0.2) is 41.6 Å². The molecule has 1 saturated heterocycles. The minimum atomic E-state index is -0.884. The van der Waals surface area contributed by atoms with Gasteiger partial charge < -0.3 is 15.3 Å². The molecule has 1 rings (SSSR count). The van der Waals surface area contributed by atoms with Crippen LogP contribution in [0.2, 0.25) is 0 Å². The topological polar surface area (TPSA) is 69.6 Å². The molecule has 1 heterocycles. The molecular formula is C14H26N2O3. The van der Waals surface area contributed by atoms with Crippen LogP contribution in [0.15, 0.2) is 0 Å². The van der Waals surface area contributed by atoms with E-state index in [0.29, 0.717) is 11.8 Å². The quantitative estimate of drug-likeness (QED) is 0.823. The predicted octanol–water partition coefficient (Wildman–Crippen LogP) is 2.32. The van der Waals surface area contributed by atoms with Crippen LogP contribution in [0.25, 0.3) is 0 Å². The molecule has 1 aliphatic heterocycles. The van der Waals surface area contributed by atoms with Crippen LogP contribution in [0.3, 0.4) is 0 Å². The molecule has 0 aromatic carbocycles. The van der Waals surface area contributed by atoms with E-state index in [2.05, 4.69) is 19.2 Å². The van der Waals surface area contributed by atoms with Gasteiger partial charge in [-0.1, -0.05) is 20.8 Å². The lowest BCUT2D eigenvalue weighted by Crippen LogP contribution is -2.49. The van der Waals surface area contributed by atoms with Crippen LogP contribution in [0.4, 0.5) is 4.79 Å². The van der Waals surface area contributed by atoms with Crippen molar-refractivity contribution < 1.29 is 14.7 Å². The van der Waals surface area contributed by atoms with Gasteiger partial charge in [0.1, 0.15) is 0 Å². The highest BCUT2D eigenvalue weighted by molar-refractivity contribution is 5.78. The number of hydrogen-bond acceptors (Lipinski definition) is 2. The summed E-state index contributed by atoms with van der Waals surface area (Å²) < 4.78 is 0. The number of nitrogens with one attached hydrogen (secondary N) is 1. The number of rotatable bonds is 4. The zero-order valence-corrected chi connectivity index (χ0v) is 12.5. The predicted molar refractivity (Wildman–Crippen MR) is 74.0 cm³/mol. The minimum Gasteiger partial charge on any atom is -0.481 e. The van der Waals surface area contributed by atoms with Crippen molar-refractivity contribution in [2.45, 2.75) is 47.0 Å². The molecule has 0 saturated carbocycles. The van der Waals surface area contributed by atoms with Crippen molar-refractivity contribution in [3.63, 3.8) is 0 Å². The summed E-state index contributed by atoms with van der Waals surface area (Å²) in [4.78, 5) is 25.0. The Hall–Kier alpha value is -1.26. The number of piperidine rings is 1. The van der Waals surface area contributed by atoms with Gasteiger partial charge in [-0.05, 0) is 31.6 Å². The van der Waals surface area contributed by atoms with Crippen LogP contribution in [0.1, 0.15) is 47.0 Å². The molecule has 1 fully saturated rings. The van der Waals surface area contributed by atoms with Crippen molar-refractivity contribution in [2.75, 3.05) is 19.6 Å². The monoisotopic (exact) mass is 270 g/mol. The van der Waals surface area contributed by atoms with E-state index in [-0.39, 0.29) is 12.6 Å². The zero-order valence-electron chi connectivity index (χ0n) is 12.5. The van der Waals surface area contributed by atoms with Gasteiger partial charge in [-0.25, -0.2) is 4.79 Å². The van der Waals surface area contributed by atoms with E-state index in [4.69, 9.17) is 5.11 Å². The van der Waals surface area contributed by atoms with E-state index in [1.807, 2.05) is 6.92 Å². The van der Waals surface area contributed by atoms with Gasteiger partial charge in [0, 0.05) is 19.6 Å². The molecule has 0 aromatic rings. The van der Waals surface area contributed by atoms with E-state index in [0.717, 1.165) is 25.9 Å². The van der Waals surface area contributed by atoms with Crippen LogP contribution >= 0.6 is 0 Å². The first-order chi connectivity index (χ1) is 8.70. The van der Waals surface area contributed by atoms with Crippen LogP contribution in [-0.2, 0) is 4.79 Å². The van der Waals surface area contributed by atoms with E-state index in [1.54, 1.807) is 11.8 Å². The molecule has 0 aliphatic carbocycles. The second-order valence-electron chi connectivity index (χ2n) is 6.53. The number of hydrogen-bond donors (Lipinski definition) is 2. The van der Waals surface area contributed by atoms with Gasteiger partial charge in [-0.3, -0.25) is 4.79 Å². The molecule has 2 amide bonds. The Morgan fingerprint density at radius 2 is 1.84 bits per heavy atom. The minimum absolute atomic E-state index is 0.142. The molecule has 5 heteroatoms. The van der Waals surface area contributed by atoms with Crippen molar-refractivity contribution in [3.05, 3.63) is 0 Å². The van der Waals surface area contributed by atoms with Gasteiger partial charge in [0.2, 0.25) is 0 Å². The van der Waals surface area contributed by atoms with E-state index in [9.17, 15) is 9.59 Å². The molecule has 0 radical (unpaired) electrons. The highest BCUT2D eigenvalue weighted by atomic mass is 16.4. The molecule has 110 valence electrons. The molecular weight excluding hydrogens is 244 g/mol. The van der Waals surface area contributed by atoms with Gasteiger partial charge in [0.15, 0.2) is 0 Å². The van der Waals surface area contributed by atoms with E-state index >= 15 is 0 Å². The number of urea groups is 1. The third kappa shape index (κ3) is 4.11. The Morgan fingerprint density at radius 1 is 1.32 bits per heavy atom. The Kier molecular flexibility index (Phi) is 4.82. The van der Waals surface area contributed by atoms with Crippen molar-refractivity contribution in [2.24, 2.45) is 10.8 Å². The molecule has 1 aliphatic rings. The fourth-order valence-corrected chi connectivity index (χ4v) is 2.05. The van der Waals surface area contributed by atoms with Crippen LogP contribution in [0.5, 0.6) is 0 Å². The van der Waals surface area contributed by atoms with Crippen LogP contribution in [0, 0.1) is 10.8 Å². The lowest BCUT2D eigenvalue weighted by Gasteiger charge is -2.37. The maximum atomic E-state index is 12.0. The van der Waals surface area contributed by atoms with E-state index < -0.39 is 11.4 Å². The summed E-state index contributed by atoms with van der Waals surface area (Å²) in [6, 6.07) is -0.142. The van der Waals surface area contributed by atoms with Crippen molar-refractivity contribution in [1.29, 1.82) is 0 Å². The van der Waals surface area contributed by atoms with Gasteiger partial charge >= 0.3 is 12.0 Å². The first-order valence-electron chi connectivity index (χ1n) is 6.96. The summed E-state index contributed by atoms with van der Waals surface area (Å²) in [6.45, 7) is 9.57. The maximum Gasteiger partial charge on any atom is 0.317 e. The fraction of sp³-hybridized carbons (Fsp3) is 0.857. The summed E-state index contributed by atoms with van der Waals surface area (Å²) in [7, 11) is 0. The summed E-state index contributed by atoms with van der Waals surface area (Å²) in [6.07, 6.45) is 2.48. The van der Waals surface area contributed by atoms with Gasteiger partial charge in [0.25, 0.3) is 0 Å².